The average molecular weight is 520 g/mol. The maximum Gasteiger partial charge on any atom is 0.242 e. The van der Waals surface area contributed by atoms with Gasteiger partial charge in [-0.25, -0.2) is 0 Å². The Balaban J connectivity index is 1.78. The van der Waals surface area contributed by atoms with E-state index in [0.29, 0.717) is 26.2 Å². The molecule has 1 atom stereocenters. The van der Waals surface area contributed by atoms with Crippen LogP contribution in [0.4, 0.5) is 0 Å². The lowest BCUT2D eigenvalue weighted by molar-refractivity contribution is -0.143. The number of nitrogens with one attached hydrogen (secondary N) is 1. The minimum atomic E-state index is -0.0138. The molecular formula is C32H45N3O3. The third kappa shape index (κ3) is 8.11. The summed E-state index contributed by atoms with van der Waals surface area (Å²) in [6.45, 7) is 10.7. The largest absolute Gasteiger partial charge is 0.494 e. The molecule has 1 N–H and O–H groups in total. The van der Waals surface area contributed by atoms with Crippen LogP contribution in [-0.4, -0.2) is 52.8 Å². The quantitative estimate of drug-likeness (QED) is 0.232. The number of carbonyl (C=O) groups is 2. The standard InChI is InChI=1S/C32H45N3O3/c1-5-9-12-26(7-3)32(37)35(20-6-2)24-31(36)34(23-25-15-17-28(18-16-25)38-8-4)21-19-27-22-33-30-14-11-10-13-29(27)30/h10-11,13-18,22,26,33H,5-9,12,19-21,23-24H2,1-4H3. The zero-order chi connectivity index (χ0) is 27.3. The van der Waals surface area contributed by atoms with Gasteiger partial charge in [0.2, 0.25) is 11.8 Å². The smallest absolute Gasteiger partial charge is 0.242 e. The zero-order valence-corrected chi connectivity index (χ0v) is 23.7. The first-order valence-corrected chi connectivity index (χ1v) is 14.3. The van der Waals surface area contributed by atoms with E-state index in [0.717, 1.165) is 55.4 Å². The summed E-state index contributed by atoms with van der Waals surface area (Å²) in [4.78, 5) is 34.2. The second-order valence-electron chi connectivity index (χ2n) is 10.0. The summed E-state index contributed by atoms with van der Waals surface area (Å²) in [6.07, 6.45) is 7.41. The van der Waals surface area contributed by atoms with E-state index in [1.165, 1.54) is 10.9 Å². The fourth-order valence-electron chi connectivity index (χ4n) is 4.98. The van der Waals surface area contributed by atoms with Crippen molar-refractivity contribution < 1.29 is 14.3 Å². The fraction of sp³-hybridized carbons (Fsp3) is 0.500. The van der Waals surface area contributed by atoms with Crippen molar-refractivity contribution in [3.05, 3.63) is 65.9 Å². The van der Waals surface area contributed by atoms with Gasteiger partial charge in [0.25, 0.3) is 0 Å². The van der Waals surface area contributed by atoms with Crippen LogP contribution in [0.5, 0.6) is 5.75 Å². The first kappa shape index (κ1) is 29.3. The van der Waals surface area contributed by atoms with Gasteiger partial charge in [-0.3, -0.25) is 9.59 Å². The van der Waals surface area contributed by atoms with Crippen molar-refractivity contribution in [1.29, 1.82) is 0 Å². The second kappa shape index (κ2) is 15.2. The average Bonchev–Trinajstić information content (AvgIpc) is 3.35. The number of ether oxygens (including phenoxy) is 1. The second-order valence-corrected chi connectivity index (χ2v) is 10.0. The predicted molar refractivity (Wildman–Crippen MR) is 155 cm³/mol. The number of hydrogen-bond acceptors (Lipinski definition) is 3. The highest BCUT2D eigenvalue weighted by molar-refractivity contribution is 5.86. The number of H-pyrrole nitrogens is 1. The van der Waals surface area contributed by atoms with Gasteiger partial charge in [0.15, 0.2) is 0 Å². The molecule has 1 aromatic heterocycles. The number of benzene rings is 2. The lowest BCUT2D eigenvalue weighted by atomic mass is 9.97. The fourth-order valence-corrected chi connectivity index (χ4v) is 4.98. The van der Waals surface area contributed by atoms with Crippen LogP contribution in [-0.2, 0) is 22.6 Å². The molecule has 6 nitrogen and oxygen atoms in total. The van der Waals surface area contributed by atoms with Crippen LogP contribution in [0.25, 0.3) is 10.9 Å². The summed E-state index contributed by atoms with van der Waals surface area (Å²) >= 11 is 0. The highest BCUT2D eigenvalue weighted by Crippen LogP contribution is 2.21. The van der Waals surface area contributed by atoms with E-state index < -0.39 is 0 Å². The van der Waals surface area contributed by atoms with Crippen molar-refractivity contribution in [3.8, 4) is 5.75 Å². The van der Waals surface area contributed by atoms with E-state index in [1.807, 2.05) is 54.4 Å². The molecule has 3 aromatic rings. The van der Waals surface area contributed by atoms with Gasteiger partial charge in [0.1, 0.15) is 5.75 Å². The van der Waals surface area contributed by atoms with Gasteiger partial charge in [0, 0.05) is 42.7 Å². The molecule has 0 aliphatic rings. The Labute approximate surface area is 228 Å². The molecule has 3 rings (SSSR count). The molecule has 0 aliphatic carbocycles. The van der Waals surface area contributed by atoms with Crippen molar-refractivity contribution in [2.75, 3.05) is 26.2 Å². The van der Waals surface area contributed by atoms with E-state index in [1.54, 1.807) is 4.90 Å². The molecule has 6 heteroatoms. The normalized spacial score (nSPS) is 11.9. The minimum absolute atomic E-state index is 0.00845. The summed E-state index contributed by atoms with van der Waals surface area (Å²) in [5.41, 5.74) is 3.34. The maximum absolute atomic E-state index is 13.8. The molecule has 2 aromatic carbocycles. The Morgan fingerprint density at radius 3 is 2.37 bits per heavy atom. The van der Waals surface area contributed by atoms with Crippen LogP contribution in [0.15, 0.2) is 54.7 Å². The minimum Gasteiger partial charge on any atom is -0.494 e. The molecule has 0 aliphatic heterocycles. The molecule has 0 radical (unpaired) electrons. The van der Waals surface area contributed by atoms with Crippen molar-refractivity contribution in [2.24, 2.45) is 5.92 Å². The highest BCUT2D eigenvalue weighted by atomic mass is 16.5. The van der Waals surface area contributed by atoms with Crippen LogP contribution in [0.2, 0.25) is 0 Å². The van der Waals surface area contributed by atoms with Gasteiger partial charge in [-0.15, -0.1) is 0 Å². The Morgan fingerprint density at radius 1 is 0.921 bits per heavy atom. The molecule has 38 heavy (non-hydrogen) atoms. The van der Waals surface area contributed by atoms with Crippen LogP contribution in [0, 0.1) is 5.92 Å². The van der Waals surface area contributed by atoms with E-state index in [4.69, 9.17) is 4.74 Å². The number of para-hydroxylation sites is 1. The Morgan fingerprint density at radius 2 is 1.68 bits per heavy atom. The Bertz CT molecular complexity index is 1140. The molecule has 0 bridgehead atoms. The third-order valence-corrected chi connectivity index (χ3v) is 7.17. The van der Waals surface area contributed by atoms with Crippen LogP contribution < -0.4 is 4.74 Å². The van der Waals surface area contributed by atoms with Gasteiger partial charge in [0.05, 0.1) is 13.2 Å². The maximum atomic E-state index is 13.8. The molecule has 0 spiro atoms. The van der Waals surface area contributed by atoms with E-state index in [9.17, 15) is 9.59 Å². The number of amides is 2. The number of nitrogens with zero attached hydrogens (tertiary/aromatic N) is 2. The van der Waals surface area contributed by atoms with E-state index in [2.05, 4.69) is 37.9 Å². The van der Waals surface area contributed by atoms with Crippen molar-refractivity contribution in [2.45, 2.75) is 72.8 Å². The molecule has 0 fully saturated rings. The molecule has 0 saturated heterocycles. The summed E-state index contributed by atoms with van der Waals surface area (Å²) in [5, 5.41) is 1.19. The summed E-state index contributed by atoms with van der Waals surface area (Å²) in [7, 11) is 0. The lowest BCUT2D eigenvalue weighted by Gasteiger charge is -2.30. The van der Waals surface area contributed by atoms with E-state index >= 15 is 0 Å². The van der Waals surface area contributed by atoms with Gasteiger partial charge in [-0.1, -0.05) is 63.9 Å². The summed E-state index contributed by atoms with van der Waals surface area (Å²) in [5.74, 6) is 0.921. The number of aromatic nitrogens is 1. The Hall–Kier alpha value is -3.28. The number of fused-ring (bicyclic) bond motifs is 1. The van der Waals surface area contributed by atoms with Crippen LogP contribution in [0.3, 0.4) is 0 Å². The molecular weight excluding hydrogens is 474 g/mol. The van der Waals surface area contributed by atoms with Gasteiger partial charge < -0.3 is 19.5 Å². The van der Waals surface area contributed by atoms with Crippen LogP contribution >= 0.6 is 0 Å². The molecule has 0 saturated carbocycles. The zero-order valence-electron chi connectivity index (χ0n) is 23.7. The third-order valence-electron chi connectivity index (χ3n) is 7.17. The van der Waals surface area contributed by atoms with Gasteiger partial charge >= 0.3 is 0 Å². The topological polar surface area (TPSA) is 65.6 Å². The number of aromatic amines is 1. The number of rotatable bonds is 16. The highest BCUT2D eigenvalue weighted by Gasteiger charge is 2.26. The first-order valence-electron chi connectivity index (χ1n) is 14.3. The number of hydrogen-bond donors (Lipinski definition) is 1. The van der Waals surface area contributed by atoms with Gasteiger partial charge in [-0.2, -0.15) is 0 Å². The summed E-state index contributed by atoms with van der Waals surface area (Å²) < 4.78 is 5.59. The number of carbonyl (C=O) groups excluding carboxylic acids is 2. The lowest BCUT2D eigenvalue weighted by Crippen LogP contribution is -2.45. The van der Waals surface area contributed by atoms with E-state index in [-0.39, 0.29) is 24.3 Å². The van der Waals surface area contributed by atoms with Gasteiger partial charge in [-0.05, 0) is 61.9 Å². The number of unbranched alkanes of at least 4 members (excludes halogenated alkanes) is 1. The molecule has 206 valence electrons. The molecule has 1 unspecified atom stereocenters. The molecule has 2 amide bonds. The van der Waals surface area contributed by atoms with Crippen molar-refractivity contribution >= 4 is 22.7 Å². The van der Waals surface area contributed by atoms with Crippen molar-refractivity contribution in [3.63, 3.8) is 0 Å². The SMILES string of the molecule is CCCCC(CC)C(=O)N(CCC)CC(=O)N(CCc1c[nH]c2ccccc12)Cc1ccc(OCC)cc1. The van der Waals surface area contributed by atoms with Crippen LogP contribution in [0.1, 0.15) is 70.9 Å². The first-order chi connectivity index (χ1) is 18.5. The monoisotopic (exact) mass is 519 g/mol. The van der Waals surface area contributed by atoms with Crippen molar-refractivity contribution in [1.82, 2.24) is 14.8 Å². The molecule has 1 heterocycles. The Kier molecular flexibility index (Phi) is 11.7. The summed E-state index contributed by atoms with van der Waals surface area (Å²) in [6, 6.07) is 16.2. The predicted octanol–water partition coefficient (Wildman–Crippen LogP) is 6.59.